The third-order valence-corrected chi connectivity index (χ3v) is 6.40. The lowest BCUT2D eigenvalue weighted by Gasteiger charge is -2.27. The summed E-state index contributed by atoms with van der Waals surface area (Å²) in [6.07, 6.45) is 2.67. The Morgan fingerprint density at radius 3 is 2.32 bits per heavy atom. The van der Waals surface area contributed by atoms with E-state index in [1.54, 1.807) is 25.6 Å². The Kier molecular flexibility index (Phi) is 10.5. The van der Waals surface area contributed by atoms with Crippen LogP contribution in [0.25, 0.3) is 0 Å². The summed E-state index contributed by atoms with van der Waals surface area (Å²) in [6.45, 7) is 9.37. The molecule has 10 heteroatoms. The van der Waals surface area contributed by atoms with Gasteiger partial charge in [-0.25, -0.2) is 9.59 Å². The van der Waals surface area contributed by atoms with Gasteiger partial charge in [-0.15, -0.1) is 11.8 Å². The van der Waals surface area contributed by atoms with Crippen molar-refractivity contribution in [3.05, 3.63) is 11.8 Å². The van der Waals surface area contributed by atoms with Crippen molar-refractivity contribution in [2.45, 2.75) is 83.0 Å². The average molecular weight is 478 g/mol. The topological polar surface area (TPSA) is 92.3 Å². The highest BCUT2D eigenvalue weighted by molar-refractivity contribution is 7.99. The zero-order chi connectivity index (χ0) is 23.0. The second-order valence-corrected chi connectivity index (χ2v) is 9.44. The number of nitrogens with one attached hydrogen (secondary N) is 1. The Labute approximate surface area is 194 Å². The minimum Gasteiger partial charge on any atom is -0.462 e. The fourth-order valence-corrected chi connectivity index (χ4v) is 4.90. The van der Waals surface area contributed by atoms with Crippen LogP contribution in [-0.4, -0.2) is 72.2 Å². The van der Waals surface area contributed by atoms with E-state index in [-0.39, 0.29) is 48.6 Å². The molecular weight excluding hydrogens is 442 g/mol. The van der Waals surface area contributed by atoms with Crippen LogP contribution in [0, 0.1) is 0 Å². The molecule has 2 fully saturated rings. The Morgan fingerprint density at radius 1 is 1.13 bits per heavy atom. The number of rotatable bonds is 12. The van der Waals surface area contributed by atoms with Crippen LogP contribution >= 0.6 is 24.4 Å². The molecule has 2 aliphatic rings. The van der Waals surface area contributed by atoms with Crippen molar-refractivity contribution in [3.63, 3.8) is 0 Å². The minimum absolute atomic E-state index is 0.153. The van der Waals surface area contributed by atoms with E-state index in [2.05, 4.69) is 17.9 Å². The van der Waals surface area contributed by atoms with Gasteiger partial charge in [-0.2, -0.15) is 12.6 Å². The molecule has 8 nitrogen and oxygen atoms in total. The second-order valence-electron chi connectivity index (χ2n) is 7.79. The Bertz CT molecular complexity index is 623. The van der Waals surface area contributed by atoms with Gasteiger partial charge in [0.1, 0.15) is 23.7 Å². The zero-order valence-electron chi connectivity index (χ0n) is 18.9. The van der Waals surface area contributed by atoms with Crippen LogP contribution in [0.15, 0.2) is 11.8 Å². The fraction of sp³-hybridized carbons (Fsp3) is 0.810. The number of carbonyl (C=O) groups excluding carboxylic acids is 2. The van der Waals surface area contributed by atoms with E-state index in [4.69, 9.17) is 23.7 Å². The highest BCUT2D eigenvalue weighted by Crippen LogP contribution is 2.43. The summed E-state index contributed by atoms with van der Waals surface area (Å²) < 4.78 is 28.5. The maximum atomic E-state index is 12.2. The number of thioether (sulfide) groups is 1. The van der Waals surface area contributed by atoms with Crippen LogP contribution in [0.4, 0.5) is 0 Å². The first-order chi connectivity index (χ1) is 14.7. The summed E-state index contributed by atoms with van der Waals surface area (Å²) in [5, 5.41) is 3.10. The Balaban J connectivity index is 2.09. The van der Waals surface area contributed by atoms with E-state index < -0.39 is 17.7 Å². The van der Waals surface area contributed by atoms with E-state index >= 15 is 0 Å². The number of ether oxygens (including phenoxy) is 5. The molecule has 0 radical (unpaired) electrons. The summed E-state index contributed by atoms with van der Waals surface area (Å²) in [5.41, 5.74) is -0.341. The molecule has 178 valence electrons. The highest BCUT2D eigenvalue weighted by atomic mass is 32.2. The molecule has 2 saturated heterocycles. The van der Waals surface area contributed by atoms with Gasteiger partial charge >= 0.3 is 11.9 Å². The molecule has 0 amide bonds. The molecule has 0 unspecified atom stereocenters. The predicted octanol–water partition coefficient (Wildman–Crippen LogP) is 2.66. The number of unbranched alkanes of at least 4 members (excludes halogenated alkanes) is 1. The third kappa shape index (κ3) is 7.28. The third-order valence-electron chi connectivity index (χ3n) is 4.86. The first-order valence-electron chi connectivity index (χ1n) is 10.8. The van der Waals surface area contributed by atoms with Gasteiger partial charge in [0.05, 0.1) is 19.3 Å². The first-order valence-corrected chi connectivity index (χ1v) is 12.5. The number of hydrogen-bond donors (Lipinski definition) is 2. The summed E-state index contributed by atoms with van der Waals surface area (Å²) in [6, 6.07) is -0.258. The monoisotopic (exact) mass is 477 g/mol. The summed E-state index contributed by atoms with van der Waals surface area (Å²) in [7, 11) is 0. The SMILES string of the molecule is CCOC(=O)C(=CN[C@H](C)[C@@H]1O[C@H](SCCCCS)[C@@H]2OC(C)(C)O[C@@H]21)C(=O)OCC. The maximum Gasteiger partial charge on any atom is 0.347 e. The lowest BCUT2D eigenvalue weighted by molar-refractivity contribution is -0.180. The van der Waals surface area contributed by atoms with Gasteiger partial charge in [-0.3, -0.25) is 0 Å². The molecule has 0 saturated carbocycles. The molecule has 2 heterocycles. The summed E-state index contributed by atoms with van der Waals surface area (Å²) in [5.74, 6) is -0.347. The highest BCUT2D eigenvalue weighted by Gasteiger charge is 2.56. The quantitative estimate of drug-likeness (QED) is 0.110. The largest absolute Gasteiger partial charge is 0.462 e. The smallest absolute Gasteiger partial charge is 0.347 e. The number of esters is 2. The van der Waals surface area contributed by atoms with E-state index in [1.165, 1.54) is 6.20 Å². The van der Waals surface area contributed by atoms with E-state index in [0.717, 1.165) is 24.3 Å². The van der Waals surface area contributed by atoms with E-state index in [1.807, 2.05) is 20.8 Å². The normalized spacial score (nSPS) is 27.3. The van der Waals surface area contributed by atoms with E-state index in [0.29, 0.717) is 0 Å². The first kappa shape index (κ1) is 26.3. The van der Waals surface area contributed by atoms with Crippen molar-refractivity contribution in [1.29, 1.82) is 0 Å². The van der Waals surface area contributed by atoms with E-state index in [9.17, 15) is 9.59 Å². The number of carbonyl (C=O) groups is 2. The second kappa shape index (κ2) is 12.3. The van der Waals surface area contributed by atoms with Crippen molar-refractivity contribution in [2.75, 3.05) is 24.7 Å². The van der Waals surface area contributed by atoms with Crippen LogP contribution in [0.2, 0.25) is 0 Å². The lowest BCUT2D eigenvalue weighted by Crippen LogP contribution is -2.43. The minimum atomic E-state index is -0.731. The molecule has 0 aromatic carbocycles. The van der Waals surface area contributed by atoms with Crippen molar-refractivity contribution in [1.82, 2.24) is 5.32 Å². The van der Waals surface area contributed by atoms with Crippen LogP contribution in [0.3, 0.4) is 0 Å². The molecular formula is C21H35NO7S2. The fourth-order valence-electron chi connectivity index (χ4n) is 3.47. The van der Waals surface area contributed by atoms with Gasteiger partial charge in [0.15, 0.2) is 11.4 Å². The summed E-state index contributed by atoms with van der Waals surface area (Å²) in [4.78, 5) is 24.3. The van der Waals surface area contributed by atoms with Crippen LogP contribution in [-0.2, 0) is 33.3 Å². The van der Waals surface area contributed by atoms with Crippen molar-refractivity contribution >= 4 is 36.3 Å². The van der Waals surface area contributed by atoms with Crippen LogP contribution in [0.5, 0.6) is 0 Å². The molecule has 0 aromatic heterocycles. The number of hydrogen-bond acceptors (Lipinski definition) is 10. The maximum absolute atomic E-state index is 12.2. The van der Waals surface area contributed by atoms with Crippen molar-refractivity contribution in [3.8, 4) is 0 Å². The Morgan fingerprint density at radius 2 is 1.74 bits per heavy atom. The molecule has 2 rings (SSSR count). The van der Waals surface area contributed by atoms with Crippen LogP contribution < -0.4 is 5.32 Å². The van der Waals surface area contributed by atoms with Crippen molar-refractivity contribution in [2.24, 2.45) is 0 Å². The number of fused-ring (bicyclic) bond motifs is 1. The van der Waals surface area contributed by atoms with Gasteiger partial charge in [0, 0.05) is 6.20 Å². The molecule has 2 aliphatic heterocycles. The average Bonchev–Trinajstić information content (AvgIpc) is 3.19. The zero-order valence-corrected chi connectivity index (χ0v) is 20.6. The van der Waals surface area contributed by atoms with Gasteiger partial charge in [0.25, 0.3) is 0 Å². The van der Waals surface area contributed by atoms with Gasteiger partial charge < -0.3 is 29.0 Å². The molecule has 0 aromatic rings. The summed E-state index contributed by atoms with van der Waals surface area (Å²) >= 11 is 5.97. The molecule has 31 heavy (non-hydrogen) atoms. The molecule has 0 bridgehead atoms. The van der Waals surface area contributed by atoms with Gasteiger partial charge in [0.2, 0.25) is 0 Å². The predicted molar refractivity (Wildman–Crippen MR) is 122 cm³/mol. The molecule has 5 atom stereocenters. The Hall–Kier alpha value is -0.940. The van der Waals surface area contributed by atoms with Gasteiger partial charge in [-0.05, 0) is 59.0 Å². The molecule has 0 spiro atoms. The van der Waals surface area contributed by atoms with Crippen LogP contribution in [0.1, 0.15) is 47.5 Å². The molecule has 0 aliphatic carbocycles. The standard InChI is InChI=1S/C21H35NO7S2/c1-6-25-18(23)14(19(24)26-7-2)12-22-13(3)15-16-17(29-21(4,5)28-16)20(27-15)31-11-9-8-10-30/h12-13,15-17,20,22,30H,6-11H2,1-5H3/t13-,15+,16-,17-,20-/m1/s1. The number of thiol groups is 1. The lowest BCUT2D eigenvalue weighted by atomic mass is 10.1. The molecule has 1 N–H and O–H groups in total. The van der Waals surface area contributed by atoms with Crippen molar-refractivity contribution < 1.29 is 33.3 Å². The van der Waals surface area contributed by atoms with Gasteiger partial charge in [-0.1, -0.05) is 0 Å².